The quantitative estimate of drug-likeness (QED) is 0.602. The van der Waals surface area contributed by atoms with Crippen LogP contribution in [0.1, 0.15) is 13.3 Å². The number of hydrogen-bond donors (Lipinski definition) is 0. The highest BCUT2D eigenvalue weighted by molar-refractivity contribution is 5.46. The molecule has 0 aliphatic rings. The first kappa shape index (κ1) is 14.8. The van der Waals surface area contributed by atoms with Gasteiger partial charge in [0.2, 0.25) is 0 Å². The third-order valence-electron chi connectivity index (χ3n) is 3.06. The van der Waals surface area contributed by atoms with Crippen molar-refractivity contribution < 1.29 is 4.74 Å². The summed E-state index contributed by atoms with van der Waals surface area (Å²) in [6.45, 7) is 6.42. The highest BCUT2D eigenvalue weighted by Crippen LogP contribution is 2.20. The number of rotatable bonds is 6. The number of nitrogens with zero attached hydrogens (tertiary/aromatic N) is 2. The summed E-state index contributed by atoms with van der Waals surface area (Å²) in [5.74, 6) is 0.574. The predicted molar refractivity (Wildman–Crippen MR) is 82.3 cm³/mol. The highest BCUT2D eigenvalue weighted by atomic mass is 16.5. The van der Waals surface area contributed by atoms with E-state index >= 15 is 0 Å². The van der Waals surface area contributed by atoms with Crippen molar-refractivity contribution in [3.05, 3.63) is 70.0 Å². The minimum absolute atomic E-state index is 0.450. The van der Waals surface area contributed by atoms with Crippen LogP contribution in [0, 0.1) is 0 Å². The molecule has 1 heterocycles. The van der Waals surface area contributed by atoms with E-state index < -0.39 is 11.1 Å². The fourth-order valence-electron chi connectivity index (χ4n) is 2.04. The molecule has 0 bridgehead atoms. The molecule has 2 rings (SSSR count). The summed E-state index contributed by atoms with van der Waals surface area (Å²) in [6.07, 6.45) is 5.54. The van der Waals surface area contributed by atoms with Gasteiger partial charge in [0.15, 0.2) is 0 Å². The van der Waals surface area contributed by atoms with Crippen LogP contribution in [0.2, 0.25) is 0 Å². The van der Waals surface area contributed by atoms with Gasteiger partial charge in [-0.05, 0) is 25.5 Å². The number of hydrogen-bond acceptors (Lipinski definition) is 3. The van der Waals surface area contributed by atoms with Crippen molar-refractivity contribution in [3.63, 3.8) is 0 Å². The van der Waals surface area contributed by atoms with E-state index in [1.807, 2.05) is 13.0 Å². The second-order valence-electron chi connectivity index (χ2n) is 4.45. The minimum Gasteiger partial charge on any atom is -0.492 e. The van der Waals surface area contributed by atoms with Gasteiger partial charge in [0.25, 0.3) is 0 Å². The van der Waals surface area contributed by atoms with Gasteiger partial charge in [-0.3, -0.25) is 14.2 Å². The summed E-state index contributed by atoms with van der Waals surface area (Å²) in [7, 11) is 0. The molecular weight excluding hydrogens is 268 g/mol. The van der Waals surface area contributed by atoms with Gasteiger partial charge in [-0.2, -0.15) is 0 Å². The van der Waals surface area contributed by atoms with E-state index in [0.717, 1.165) is 0 Å². The first-order valence-corrected chi connectivity index (χ1v) is 6.84. The van der Waals surface area contributed by atoms with Crippen molar-refractivity contribution in [1.82, 2.24) is 9.13 Å². The third kappa shape index (κ3) is 3.13. The number of benzene rings is 1. The summed E-state index contributed by atoms with van der Waals surface area (Å²) in [5, 5.41) is 0. The van der Waals surface area contributed by atoms with E-state index in [1.54, 1.807) is 36.7 Å². The van der Waals surface area contributed by atoms with Crippen LogP contribution >= 0.6 is 0 Å². The summed E-state index contributed by atoms with van der Waals surface area (Å²) in [5.41, 5.74) is -0.573. The zero-order chi connectivity index (χ0) is 15.2. The van der Waals surface area contributed by atoms with Crippen LogP contribution in [0.3, 0.4) is 0 Å². The molecule has 0 aliphatic carbocycles. The molecule has 5 heteroatoms. The second kappa shape index (κ2) is 6.74. The van der Waals surface area contributed by atoms with Gasteiger partial charge in [-0.1, -0.05) is 18.2 Å². The van der Waals surface area contributed by atoms with Crippen LogP contribution in [0.4, 0.5) is 0 Å². The molecule has 0 saturated carbocycles. The molecule has 0 unspecified atom stereocenters. The molecule has 0 fully saturated rings. The van der Waals surface area contributed by atoms with Crippen molar-refractivity contribution in [2.45, 2.75) is 19.9 Å². The molecule has 1 aromatic heterocycles. The Labute approximate surface area is 122 Å². The van der Waals surface area contributed by atoms with E-state index in [0.29, 0.717) is 31.0 Å². The summed E-state index contributed by atoms with van der Waals surface area (Å²) in [6, 6.07) is 7.15. The molecule has 0 N–H and O–H groups in total. The molecule has 0 atom stereocenters. The van der Waals surface area contributed by atoms with Gasteiger partial charge in [0.05, 0.1) is 12.3 Å². The highest BCUT2D eigenvalue weighted by Gasteiger charge is 2.10. The maximum Gasteiger partial charge on any atom is 0.321 e. The standard InChI is InChI=1S/C16H18N2O3/c1-3-5-10-17-11-12-18(16(20)15(17)19)13-8-6-7-9-14(13)21-4-2/h3,6-9,11-12H,1,4-5,10H2,2H3. The Morgan fingerprint density at radius 3 is 2.67 bits per heavy atom. The maximum absolute atomic E-state index is 12.3. The van der Waals surface area contributed by atoms with Crippen molar-refractivity contribution in [2.24, 2.45) is 0 Å². The Balaban J connectivity index is 2.51. The molecule has 0 spiro atoms. The van der Waals surface area contributed by atoms with Crippen LogP contribution in [0.25, 0.3) is 5.69 Å². The second-order valence-corrected chi connectivity index (χ2v) is 4.45. The zero-order valence-electron chi connectivity index (χ0n) is 12.0. The van der Waals surface area contributed by atoms with Crippen molar-refractivity contribution in [2.75, 3.05) is 6.61 Å². The summed E-state index contributed by atoms with van der Waals surface area (Å²) >= 11 is 0. The van der Waals surface area contributed by atoms with E-state index in [2.05, 4.69) is 6.58 Å². The van der Waals surface area contributed by atoms with Gasteiger partial charge in [0, 0.05) is 18.9 Å². The minimum atomic E-state index is -0.589. The molecule has 2 aromatic rings. The van der Waals surface area contributed by atoms with Gasteiger partial charge in [0.1, 0.15) is 5.75 Å². The summed E-state index contributed by atoms with van der Waals surface area (Å²) in [4.78, 5) is 24.4. The van der Waals surface area contributed by atoms with Crippen LogP contribution < -0.4 is 15.9 Å². The maximum atomic E-state index is 12.3. The molecule has 110 valence electrons. The van der Waals surface area contributed by atoms with Crippen molar-refractivity contribution in [1.29, 1.82) is 0 Å². The van der Waals surface area contributed by atoms with E-state index in [1.165, 1.54) is 9.13 Å². The third-order valence-corrected chi connectivity index (χ3v) is 3.06. The smallest absolute Gasteiger partial charge is 0.321 e. The number of aryl methyl sites for hydroxylation is 1. The lowest BCUT2D eigenvalue weighted by Gasteiger charge is -2.12. The Morgan fingerprint density at radius 1 is 1.19 bits per heavy atom. The zero-order valence-corrected chi connectivity index (χ0v) is 12.0. The molecule has 1 aromatic carbocycles. The van der Waals surface area contributed by atoms with Gasteiger partial charge in [-0.25, -0.2) is 0 Å². The fraction of sp³-hybridized carbons (Fsp3) is 0.250. The SMILES string of the molecule is C=CCCn1ccn(-c2ccccc2OCC)c(=O)c1=O. The number of para-hydroxylation sites is 2. The van der Waals surface area contributed by atoms with Crippen molar-refractivity contribution in [3.8, 4) is 11.4 Å². The largest absolute Gasteiger partial charge is 0.492 e. The van der Waals surface area contributed by atoms with E-state index in [4.69, 9.17) is 4.74 Å². The molecule has 21 heavy (non-hydrogen) atoms. The summed E-state index contributed by atoms with van der Waals surface area (Å²) < 4.78 is 8.21. The lowest BCUT2D eigenvalue weighted by molar-refractivity contribution is 0.339. The molecule has 5 nitrogen and oxygen atoms in total. The molecule has 0 aliphatic heterocycles. The van der Waals surface area contributed by atoms with Crippen molar-refractivity contribution >= 4 is 0 Å². The number of ether oxygens (including phenoxy) is 1. The van der Waals surface area contributed by atoms with Crippen LogP contribution in [-0.4, -0.2) is 15.7 Å². The monoisotopic (exact) mass is 286 g/mol. The first-order valence-electron chi connectivity index (χ1n) is 6.84. The van der Waals surface area contributed by atoms with Gasteiger partial charge < -0.3 is 9.30 Å². The normalized spacial score (nSPS) is 10.3. The van der Waals surface area contributed by atoms with Crippen LogP contribution in [0.5, 0.6) is 5.75 Å². The van der Waals surface area contributed by atoms with Gasteiger partial charge in [-0.15, -0.1) is 6.58 Å². The Bertz CT molecular complexity index is 744. The Hall–Kier alpha value is -2.56. The van der Waals surface area contributed by atoms with E-state index in [-0.39, 0.29) is 0 Å². The van der Waals surface area contributed by atoms with Crippen LogP contribution in [-0.2, 0) is 6.54 Å². The average molecular weight is 286 g/mol. The topological polar surface area (TPSA) is 53.2 Å². The Kier molecular flexibility index (Phi) is 4.77. The number of allylic oxidation sites excluding steroid dienone is 1. The molecular formula is C16H18N2O3. The first-order chi connectivity index (χ1) is 10.2. The number of aromatic nitrogens is 2. The van der Waals surface area contributed by atoms with E-state index in [9.17, 15) is 9.59 Å². The molecule has 0 amide bonds. The average Bonchev–Trinajstić information content (AvgIpc) is 2.50. The molecule has 0 radical (unpaired) electrons. The lowest BCUT2D eigenvalue weighted by atomic mass is 10.3. The Morgan fingerprint density at radius 2 is 1.95 bits per heavy atom. The fourth-order valence-corrected chi connectivity index (χ4v) is 2.04. The lowest BCUT2D eigenvalue weighted by Crippen LogP contribution is -2.40. The van der Waals surface area contributed by atoms with Gasteiger partial charge >= 0.3 is 11.1 Å². The molecule has 0 saturated heterocycles. The van der Waals surface area contributed by atoms with Crippen LogP contribution in [0.15, 0.2) is 58.9 Å². The predicted octanol–water partition coefficient (Wildman–Crippen LogP) is 1.97.